The molecule has 1 aromatic carbocycles. The van der Waals surface area contributed by atoms with Gasteiger partial charge in [-0.15, -0.1) is 0 Å². The SMILES string of the molecule is CC(NC(CC(C)(C)C)c1ccccc1)c1ccoc1. The lowest BCUT2D eigenvalue weighted by molar-refractivity contribution is 0.297. The fourth-order valence-corrected chi connectivity index (χ4v) is 2.49. The van der Waals surface area contributed by atoms with E-state index in [2.05, 4.69) is 63.3 Å². The first-order valence-electron chi connectivity index (χ1n) is 7.29. The fourth-order valence-electron chi connectivity index (χ4n) is 2.49. The number of hydrogen-bond acceptors (Lipinski definition) is 2. The first kappa shape index (κ1) is 14.9. The number of hydrogen-bond donors (Lipinski definition) is 1. The van der Waals surface area contributed by atoms with Crippen LogP contribution in [-0.2, 0) is 0 Å². The average Bonchev–Trinajstić information content (AvgIpc) is 2.91. The maximum absolute atomic E-state index is 5.18. The Balaban J connectivity index is 2.15. The van der Waals surface area contributed by atoms with Crippen LogP contribution in [0.2, 0.25) is 0 Å². The number of rotatable bonds is 5. The lowest BCUT2D eigenvalue weighted by Crippen LogP contribution is -2.28. The summed E-state index contributed by atoms with van der Waals surface area (Å²) < 4.78 is 5.18. The molecule has 0 radical (unpaired) electrons. The summed E-state index contributed by atoms with van der Waals surface area (Å²) in [6, 6.07) is 13.3. The Hall–Kier alpha value is -1.54. The van der Waals surface area contributed by atoms with Crippen LogP contribution in [0.5, 0.6) is 0 Å². The largest absolute Gasteiger partial charge is 0.472 e. The van der Waals surface area contributed by atoms with Gasteiger partial charge in [0.05, 0.1) is 12.5 Å². The summed E-state index contributed by atoms with van der Waals surface area (Å²) in [5.41, 5.74) is 2.82. The zero-order chi connectivity index (χ0) is 14.6. The minimum Gasteiger partial charge on any atom is -0.472 e. The Morgan fingerprint density at radius 1 is 1.05 bits per heavy atom. The Morgan fingerprint density at radius 2 is 1.75 bits per heavy atom. The molecule has 1 N–H and O–H groups in total. The zero-order valence-corrected chi connectivity index (χ0v) is 12.9. The first-order valence-corrected chi connectivity index (χ1v) is 7.29. The summed E-state index contributed by atoms with van der Waals surface area (Å²) in [6.45, 7) is 9.04. The highest BCUT2D eigenvalue weighted by molar-refractivity contribution is 5.20. The monoisotopic (exact) mass is 271 g/mol. The molecule has 0 saturated heterocycles. The summed E-state index contributed by atoms with van der Waals surface area (Å²) >= 11 is 0. The number of benzene rings is 1. The predicted octanol–water partition coefficient (Wildman–Crippen LogP) is 5.11. The fraction of sp³-hybridized carbons (Fsp3) is 0.444. The highest BCUT2D eigenvalue weighted by Crippen LogP contribution is 2.31. The highest BCUT2D eigenvalue weighted by atomic mass is 16.3. The molecule has 2 rings (SSSR count). The van der Waals surface area contributed by atoms with E-state index in [-0.39, 0.29) is 11.5 Å². The van der Waals surface area contributed by atoms with Crippen molar-refractivity contribution in [2.45, 2.75) is 46.2 Å². The van der Waals surface area contributed by atoms with E-state index in [4.69, 9.17) is 4.42 Å². The molecule has 0 spiro atoms. The molecule has 1 aromatic heterocycles. The zero-order valence-electron chi connectivity index (χ0n) is 12.9. The Bertz CT molecular complexity index is 496. The van der Waals surface area contributed by atoms with Gasteiger partial charge in [0, 0.05) is 17.6 Å². The van der Waals surface area contributed by atoms with Gasteiger partial charge in [-0.2, -0.15) is 0 Å². The third-order valence-electron chi connectivity index (χ3n) is 3.51. The highest BCUT2D eigenvalue weighted by Gasteiger charge is 2.22. The van der Waals surface area contributed by atoms with Crippen LogP contribution in [0.15, 0.2) is 53.3 Å². The Labute approximate surface area is 122 Å². The van der Waals surface area contributed by atoms with E-state index >= 15 is 0 Å². The summed E-state index contributed by atoms with van der Waals surface area (Å²) in [5, 5.41) is 3.73. The second kappa shape index (κ2) is 6.27. The van der Waals surface area contributed by atoms with Crippen LogP contribution in [0.25, 0.3) is 0 Å². The van der Waals surface area contributed by atoms with Gasteiger partial charge in [0.2, 0.25) is 0 Å². The molecule has 2 aromatic rings. The van der Waals surface area contributed by atoms with Gasteiger partial charge >= 0.3 is 0 Å². The minimum atomic E-state index is 0.279. The van der Waals surface area contributed by atoms with Crippen LogP contribution in [0.1, 0.15) is 57.3 Å². The van der Waals surface area contributed by atoms with Gasteiger partial charge in [0.15, 0.2) is 0 Å². The Morgan fingerprint density at radius 3 is 2.30 bits per heavy atom. The molecule has 0 amide bonds. The molecule has 0 bridgehead atoms. The van der Waals surface area contributed by atoms with Gasteiger partial charge in [-0.25, -0.2) is 0 Å². The van der Waals surface area contributed by atoms with Crippen molar-refractivity contribution in [1.29, 1.82) is 0 Å². The van der Waals surface area contributed by atoms with E-state index in [9.17, 15) is 0 Å². The first-order chi connectivity index (χ1) is 9.46. The summed E-state index contributed by atoms with van der Waals surface area (Å²) in [4.78, 5) is 0. The van der Waals surface area contributed by atoms with Crippen LogP contribution in [0, 0.1) is 5.41 Å². The predicted molar refractivity (Wildman–Crippen MR) is 83.5 cm³/mol. The molecule has 2 atom stereocenters. The molecule has 108 valence electrons. The third kappa shape index (κ3) is 4.24. The van der Waals surface area contributed by atoms with E-state index in [0.29, 0.717) is 6.04 Å². The molecule has 0 aliphatic rings. The second-order valence-electron chi connectivity index (χ2n) is 6.67. The summed E-state index contributed by atoms with van der Waals surface area (Å²) in [6.07, 6.45) is 4.64. The smallest absolute Gasteiger partial charge is 0.0950 e. The van der Waals surface area contributed by atoms with Crippen molar-refractivity contribution in [2.75, 3.05) is 0 Å². The van der Waals surface area contributed by atoms with E-state index in [1.54, 1.807) is 6.26 Å². The van der Waals surface area contributed by atoms with Crippen molar-refractivity contribution in [2.24, 2.45) is 5.41 Å². The molecule has 1 heterocycles. The van der Waals surface area contributed by atoms with Crippen molar-refractivity contribution in [3.8, 4) is 0 Å². The van der Waals surface area contributed by atoms with Crippen molar-refractivity contribution < 1.29 is 4.42 Å². The topological polar surface area (TPSA) is 25.2 Å². The van der Waals surface area contributed by atoms with E-state index < -0.39 is 0 Å². The van der Waals surface area contributed by atoms with Gasteiger partial charge in [-0.3, -0.25) is 0 Å². The molecule has 0 aliphatic carbocycles. The van der Waals surface area contributed by atoms with Gasteiger partial charge in [-0.1, -0.05) is 51.1 Å². The van der Waals surface area contributed by atoms with Gasteiger partial charge < -0.3 is 9.73 Å². The van der Waals surface area contributed by atoms with Crippen LogP contribution >= 0.6 is 0 Å². The van der Waals surface area contributed by atoms with Gasteiger partial charge in [0.1, 0.15) is 0 Å². The normalized spacial score (nSPS) is 15.0. The van der Waals surface area contributed by atoms with Crippen molar-refractivity contribution in [3.63, 3.8) is 0 Å². The summed E-state index contributed by atoms with van der Waals surface area (Å²) in [5.74, 6) is 0. The molecular formula is C18H25NO. The molecule has 0 saturated carbocycles. The Kier molecular flexibility index (Phi) is 4.66. The van der Waals surface area contributed by atoms with Gasteiger partial charge in [0.25, 0.3) is 0 Å². The molecule has 0 fully saturated rings. The maximum atomic E-state index is 5.18. The van der Waals surface area contributed by atoms with E-state index in [0.717, 1.165) is 6.42 Å². The number of furan rings is 1. The standard InChI is InChI=1S/C18H25NO/c1-14(16-10-11-20-13-16)19-17(12-18(2,3)4)15-8-6-5-7-9-15/h5-11,13-14,17,19H,12H2,1-4H3. The van der Waals surface area contributed by atoms with Crippen LogP contribution in [0.4, 0.5) is 0 Å². The minimum absolute atomic E-state index is 0.279. The second-order valence-corrected chi connectivity index (χ2v) is 6.67. The quantitative estimate of drug-likeness (QED) is 0.817. The lowest BCUT2D eigenvalue weighted by Gasteiger charge is -2.29. The molecule has 2 heteroatoms. The molecule has 0 aliphatic heterocycles. The van der Waals surface area contributed by atoms with Crippen molar-refractivity contribution in [3.05, 3.63) is 60.1 Å². The number of nitrogens with one attached hydrogen (secondary N) is 1. The van der Waals surface area contributed by atoms with E-state index in [1.807, 2.05) is 12.3 Å². The molecule has 20 heavy (non-hydrogen) atoms. The lowest BCUT2D eigenvalue weighted by atomic mass is 9.85. The van der Waals surface area contributed by atoms with Crippen LogP contribution < -0.4 is 5.32 Å². The molecule has 2 nitrogen and oxygen atoms in total. The average molecular weight is 271 g/mol. The third-order valence-corrected chi connectivity index (χ3v) is 3.51. The van der Waals surface area contributed by atoms with Crippen LogP contribution in [-0.4, -0.2) is 0 Å². The summed E-state index contributed by atoms with van der Waals surface area (Å²) in [7, 11) is 0. The van der Waals surface area contributed by atoms with Crippen LogP contribution in [0.3, 0.4) is 0 Å². The van der Waals surface area contributed by atoms with Gasteiger partial charge in [-0.05, 0) is 30.4 Å². The van der Waals surface area contributed by atoms with Crippen molar-refractivity contribution >= 4 is 0 Å². The van der Waals surface area contributed by atoms with E-state index in [1.165, 1.54) is 11.1 Å². The maximum Gasteiger partial charge on any atom is 0.0950 e. The van der Waals surface area contributed by atoms with Crippen molar-refractivity contribution in [1.82, 2.24) is 5.32 Å². The molecular weight excluding hydrogens is 246 g/mol. The molecule has 2 unspecified atom stereocenters.